The van der Waals surface area contributed by atoms with Crippen molar-refractivity contribution in [3.05, 3.63) is 18.3 Å². The first-order valence-corrected chi connectivity index (χ1v) is 7.11. The Hall–Kier alpha value is -1.20. The quantitative estimate of drug-likeness (QED) is 0.737. The van der Waals surface area contributed by atoms with Crippen molar-refractivity contribution in [2.45, 2.75) is 33.0 Å². The smallest absolute Gasteiger partial charge is 0.160 e. The predicted octanol–water partition coefficient (Wildman–Crippen LogP) is 2.09. The Labute approximate surface area is 114 Å². The van der Waals surface area contributed by atoms with Crippen LogP contribution in [0.1, 0.15) is 26.7 Å². The Balaban J connectivity index is 1.87. The van der Waals surface area contributed by atoms with E-state index in [0.29, 0.717) is 19.1 Å². The highest BCUT2D eigenvalue weighted by Gasteiger charge is 2.27. The molecule has 19 heavy (non-hydrogen) atoms. The minimum absolute atomic E-state index is 0.0565. The minimum atomic E-state index is -0.0565. The van der Waals surface area contributed by atoms with Crippen LogP contribution in [0.15, 0.2) is 18.3 Å². The van der Waals surface area contributed by atoms with Gasteiger partial charge in [-0.05, 0) is 38.8 Å². The molecule has 0 atom stereocenters. The second kappa shape index (κ2) is 7.40. The molecule has 1 aromatic rings. The van der Waals surface area contributed by atoms with Crippen molar-refractivity contribution in [3.8, 4) is 0 Å². The van der Waals surface area contributed by atoms with Crippen LogP contribution < -0.4 is 4.90 Å². The molecule has 0 amide bonds. The summed E-state index contributed by atoms with van der Waals surface area (Å²) in [4.78, 5) is 2.28. The molecule has 0 aliphatic carbocycles. The average Bonchev–Trinajstić information content (AvgIpc) is 2.48. The van der Waals surface area contributed by atoms with Gasteiger partial charge in [0.25, 0.3) is 0 Å². The van der Waals surface area contributed by atoms with Crippen LogP contribution in [-0.2, 0) is 9.47 Å². The van der Waals surface area contributed by atoms with Crippen LogP contribution in [0.4, 0.5) is 5.82 Å². The van der Waals surface area contributed by atoms with Crippen LogP contribution in [0.25, 0.3) is 0 Å². The van der Waals surface area contributed by atoms with E-state index in [0.717, 1.165) is 31.7 Å². The molecule has 0 aromatic carbocycles. The van der Waals surface area contributed by atoms with Gasteiger partial charge in [-0.3, -0.25) is 0 Å². The summed E-state index contributed by atoms with van der Waals surface area (Å²) >= 11 is 0. The number of rotatable bonds is 6. The summed E-state index contributed by atoms with van der Waals surface area (Å²) in [5, 5.41) is 8.09. The topological polar surface area (TPSA) is 47.5 Å². The third-order valence-electron chi connectivity index (χ3n) is 3.47. The van der Waals surface area contributed by atoms with Gasteiger partial charge in [0.05, 0.1) is 0 Å². The number of ether oxygens (including phenoxy) is 2. The first-order valence-electron chi connectivity index (χ1n) is 7.11. The van der Waals surface area contributed by atoms with E-state index in [9.17, 15) is 0 Å². The maximum Gasteiger partial charge on any atom is 0.160 e. The summed E-state index contributed by atoms with van der Waals surface area (Å²) < 4.78 is 11.4. The highest BCUT2D eigenvalue weighted by Crippen LogP contribution is 2.25. The Morgan fingerprint density at radius 2 is 1.95 bits per heavy atom. The highest BCUT2D eigenvalue weighted by molar-refractivity contribution is 5.36. The van der Waals surface area contributed by atoms with Crippen LogP contribution in [0.3, 0.4) is 0 Å². The van der Waals surface area contributed by atoms with E-state index in [4.69, 9.17) is 9.47 Å². The molecule has 106 valence electrons. The number of hydrogen-bond acceptors (Lipinski definition) is 5. The van der Waals surface area contributed by atoms with E-state index in [2.05, 4.69) is 15.1 Å². The molecule has 1 aromatic heterocycles. The zero-order chi connectivity index (χ0) is 13.5. The van der Waals surface area contributed by atoms with Crippen molar-refractivity contribution in [3.63, 3.8) is 0 Å². The lowest BCUT2D eigenvalue weighted by Gasteiger charge is -2.35. The third-order valence-corrected chi connectivity index (χ3v) is 3.47. The van der Waals surface area contributed by atoms with Crippen LogP contribution >= 0.6 is 0 Å². The van der Waals surface area contributed by atoms with E-state index in [1.54, 1.807) is 6.20 Å². The van der Waals surface area contributed by atoms with Crippen molar-refractivity contribution in [1.82, 2.24) is 10.2 Å². The Bertz CT molecular complexity index is 347. The van der Waals surface area contributed by atoms with Crippen molar-refractivity contribution >= 4 is 5.82 Å². The van der Waals surface area contributed by atoms with Crippen molar-refractivity contribution in [2.75, 3.05) is 31.2 Å². The number of piperidine rings is 1. The molecule has 0 spiro atoms. The van der Waals surface area contributed by atoms with Gasteiger partial charge in [0, 0.05) is 38.4 Å². The zero-order valence-corrected chi connectivity index (χ0v) is 11.8. The van der Waals surface area contributed by atoms with Gasteiger partial charge in [0.15, 0.2) is 12.1 Å². The number of aromatic nitrogens is 2. The van der Waals surface area contributed by atoms with Crippen LogP contribution in [-0.4, -0.2) is 42.8 Å². The van der Waals surface area contributed by atoms with Gasteiger partial charge in [-0.15, -0.1) is 5.10 Å². The van der Waals surface area contributed by atoms with Gasteiger partial charge >= 0.3 is 0 Å². The number of nitrogens with zero attached hydrogens (tertiary/aromatic N) is 3. The molecule has 0 bridgehead atoms. The fourth-order valence-corrected chi connectivity index (χ4v) is 2.51. The number of anilines is 1. The lowest BCUT2D eigenvalue weighted by molar-refractivity contribution is -0.170. The summed E-state index contributed by atoms with van der Waals surface area (Å²) in [5.74, 6) is 1.44. The molecule has 0 radical (unpaired) electrons. The van der Waals surface area contributed by atoms with Crippen LogP contribution in [0.2, 0.25) is 0 Å². The molecular weight excluding hydrogens is 242 g/mol. The largest absolute Gasteiger partial charge is 0.355 e. The Kier molecular flexibility index (Phi) is 5.54. The summed E-state index contributed by atoms with van der Waals surface area (Å²) in [5.41, 5.74) is 0. The second-order valence-electron chi connectivity index (χ2n) is 4.69. The van der Waals surface area contributed by atoms with Crippen molar-refractivity contribution in [2.24, 2.45) is 5.92 Å². The first-order chi connectivity index (χ1) is 9.35. The van der Waals surface area contributed by atoms with Gasteiger partial charge in [0.1, 0.15) is 0 Å². The molecule has 2 rings (SSSR count). The van der Waals surface area contributed by atoms with Crippen LogP contribution in [0, 0.1) is 5.92 Å². The summed E-state index contributed by atoms with van der Waals surface area (Å²) in [7, 11) is 0. The summed E-state index contributed by atoms with van der Waals surface area (Å²) in [6.45, 7) is 7.41. The van der Waals surface area contributed by atoms with Gasteiger partial charge in [-0.25, -0.2) is 0 Å². The van der Waals surface area contributed by atoms with Crippen LogP contribution in [0.5, 0.6) is 0 Å². The normalized spacial score (nSPS) is 17.1. The maximum absolute atomic E-state index is 5.69. The molecular formula is C14H23N3O2. The molecule has 0 unspecified atom stereocenters. The van der Waals surface area contributed by atoms with Crippen molar-refractivity contribution < 1.29 is 9.47 Å². The molecule has 0 saturated carbocycles. The average molecular weight is 265 g/mol. The summed E-state index contributed by atoms with van der Waals surface area (Å²) in [6.07, 6.45) is 3.79. The summed E-state index contributed by atoms with van der Waals surface area (Å²) in [6, 6.07) is 3.94. The van der Waals surface area contributed by atoms with Gasteiger partial charge in [-0.2, -0.15) is 5.10 Å². The van der Waals surface area contributed by atoms with E-state index in [1.807, 2.05) is 26.0 Å². The SMILES string of the molecule is CCOC(OCC)C1CCN(c2cccnn2)CC1. The van der Waals surface area contributed by atoms with E-state index < -0.39 is 0 Å². The van der Waals surface area contributed by atoms with Gasteiger partial charge in [-0.1, -0.05) is 0 Å². The standard InChI is InChI=1S/C14H23N3O2/c1-3-18-14(19-4-2)12-7-10-17(11-8-12)13-6-5-9-15-16-13/h5-6,9,12,14H,3-4,7-8,10-11H2,1-2H3. The van der Waals surface area contributed by atoms with Gasteiger partial charge in [0.2, 0.25) is 0 Å². The minimum Gasteiger partial charge on any atom is -0.355 e. The number of hydrogen-bond donors (Lipinski definition) is 0. The fraction of sp³-hybridized carbons (Fsp3) is 0.714. The molecule has 5 nitrogen and oxygen atoms in total. The molecule has 0 N–H and O–H groups in total. The third kappa shape index (κ3) is 3.88. The van der Waals surface area contributed by atoms with Gasteiger partial charge < -0.3 is 14.4 Å². The fourth-order valence-electron chi connectivity index (χ4n) is 2.51. The molecule has 1 aliphatic rings. The Morgan fingerprint density at radius 1 is 1.26 bits per heavy atom. The first kappa shape index (κ1) is 14.2. The molecule has 1 aliphatic heterocycles. The van der Waals surface area contributed by atoms with E-state index >= 15 is 0 Å². The lowest BCUT2D eigenvalue weighted by atomic mass is 9.96. The maximum atomic E-state index is 5.69. The molecule has 1 fully saturated rings. The second-order valence-corrected chi connectivity index (χ2v) is 4.69. The monoisotopic (exact) mass is 265 g/mol. The zero-order valence-electron chi connectivity index (χ0n) is 11.8. The van der Waals surface area contributed by atoms with E-state index in [-0.39, 0.29) is 6.29 Å². The molecule has 5 heteroatoms. The van der Waals surface area contributed by atoms with E-state index in [1.165, 1.54) is 0 Å². The molecule has 2 heterocycles. The predicted molar refractivity (Wildman–Crippen MR) is 74.0 cm³/mol. The Morgan fingerprint density at radius 3 is 2.47 bits per heavy atom. The lowest BCUT2D eigenvalue weighted by Crippen LogP contribution is -2.40. The molecule has 1 saturated heterocycles. The van der Waals surface area contributed by atoms with Crippen molar-refractivity contribution in [1.29, 1.82) is 0 Å². The highest BCUT2D eigenvalue weighted by atomic mass is 16.7.